The molecule has 1 aliphatic rings. The van der Waals surface area contributed by atoms with Crippen LogP contribution in [0.3, 0.4) is 0 Å². The summed E-state index contributed by atoms with van der Waals surface area (Å²) >= 11 is 6.44. The monoisotopic (exact) mass is 312 g/mol. The minimum Gasteiger partial charge on any atom is -0.363 e. The second kappa shape index (κ2) is 7.46. The predicted octanol–water partition coefficient (Wildman–Crippen LogP) is 4.99. The van der Waals surface area contributed by atoms with Gasteiger partial charge in [0.15, 0.2) is 0 Å². The molecule has 22 heavy (non-hydrogen) atoms. The molecule has 0 spiro atoms. The third kappa shape index (κ3) is 3.69. The summed E-state index contributed by atoms with van der Waals surface area (Å²) in [6.07, 6.45) is 4.67. The van der Waals surface area contributed by atoms with E-state index in [0.29, 0.717) is 0 Å². The van der Waals surface area contributed by atoms with Crippen molar-refractivity contribution in [3.63, 3.8) is 0 Å². The Bertz CT molecular complexity index is 637. The van der Waals surface area contributed by atoms with Gasteiger partial charge in [0.1, 0.15) is 0 Å². The van der Waals surface area contributed by atoms with Crippen molar-refractivity contribution in [1.29, 1.82) is 0 Å². The molecule has 0 fully saturated rings. The molecule has 1 unspecified atom stereocenters. The topological polar surface area (TPSA) is 24.4 Å². The Hall–Kier alpha value is -1.80. The molecule has 0 bridgehead atoms. The lowest BCUT2D eigenvalue weighted by Crippen LogP contribution is -2.29. The maximum atomic E-state index is 6.44. The van der Waals surface area contributed by atoms with Gasteiger partial charge in [0, 0.05) is 18.0 Å². The molecule has 0 saturated carbocycles. The zero-order valence-electron chi connectivity index (χ0n) is 12.6. The lowest BCUT2D eigenvalue weighted by molar-refractivity contribution is 0.717. The predicted molar refractivity (Wildman–Crippen MR) is 93.6 cm³/mol. The van der Waals surface area contributed by atoms with Crippen molar-refractivity contribution in [3.8, 4) is 0 Å². The first kappa shape index (κ1) is 15.1. The highest BCUT2D eigenvalue weighted by atomic mass is 35.5. The Kier molecular flexibility index (Phi) is 5.12. The first-order chi connectivity index (χ1) is 10.8. The molecule has 3 heteroatoms. The van der Waals surface area contributed by atoms with Crippen LogP contribution in [-0.2, 0) is 0 Å². The summed E-state index contributed by atoms with van der Waals surface area (Å²) in [5.41, 5.74) is 2.31. The van der Waals surface area contributed by atoms with E-state index in [0.717, 1.165) is 29.4 Å². The normalized spacial score (nSPS) is 16.5. The van der Waals surface area contributed by atoms with Gasteiger partial charge in [-0.1, -0.05) is 66.6 Å². The van der Waals surface area contributed by atoms with Gasteiger partial charge in [-0.2, -0.15) is 0 Å². The fourth-order valence-corrected chi connectivity index (χ4v) is 3.10. The van der Waals surface area contributed by atoms with Crippen LogP contribution in [0.2, 0.25) is 5.02 Å². The highest BCUT2D eigenvalue weighted by Gasteiger charge is 2.18. The second-order valence-corrected chi connectivity index (χ2v) is 6.06. The van der Waals surface area contributed by atoms with Gasteiger partial charge < -0.3 is 5.32 Å². The quantitative estimate of drug-likeness (QED) is 0.848. The molecule has 2 aromatic rings. The van der Waals surface area contributed by atoms with E-state index in [1.807, 2.05) is 24.3 Å². The van der Waals surface area contributed by atoms with Crippen LogP contribution in [0.25, 0.3) is 0 Å². The average Bonchev–Trinajstić information content (AvgIpc) is 2.83. The Labute approximate surface area is 137 Å². The van der Waals surface area contributed by atoms with Crippen LogP contribution in [0.4, 0.5) is 0 Å². The first-order valence-electron chi connectivity index (χ1n) is 7.94. The molecule has 0 amide bonds. The fourth-order valence-electron chi connectivity index (χ4n) is 2.85. The van der Waals surface area contributed by atoms with Crippen molar-refractivity contribution in [3.05, 3.63) is 70.7 Å². The zero-order valence-corrected chi connectivity index (χ0v) is 13.4. The Balaban J connectivity index is 1.93. The van der Waals surface area contributed by atoms with Gasteiger partial charge in [-0.25, -0.2) is 0 Å². The van der Waals surface area contributed by atoms with Gasteiger partial charge in [-0.3, -0.25) is 4.99 Å². The molecule has 1 heterocycles. The Morgan fingerprint density at radius 2 is 1.68 bits per heavy atom. The molecular weight excluding hydrogens is 292 g/mol. The molecule has 1 N–H and O–H groups in total. The summed E-state index contributed by atoms with van der Waals surface area (Å²) in [4.78, 5) is 4.71. The molecule has 2 aromatic carbocycles. The van der Waals surface area contributed by atoms with Gasteiger partial charge in [0.25, 0.3) is 0 Å². The standard InChI is InChI=1S/C19H21ClN2/c20-17-12-7-6-11-16(17)19(15-9-3-1-4-10-15)22-18-13-5-2-8-14-21-18/h1,3-4,6-7,9-12,19H,2,5,8,13-14H2,(H,21,22). The smallest absolute Gasteiger partial charge is 0.0970 e. The SMILES string of the molecule is Clc1ccccc1C(NC1=NCCCCC1)c1ccccc1. The van der Waals surface area contributed by atoms with Crippen molar-refractivity contribution in [2.75, 3.05) is 6.54 Å². The fraction of sp³-hybridized carbons (Fsp3) is 0.316. The number of hydrogen-bond donors (Lipinski definition) is 1. The number of hydrogen-bond acceptors (Lipinski definition) is 2. The highest BCUT2D eigenvalue weighted by Crippen LogP contribution is 2.28. The van der Waals surface area contributed by atoms with E-state index in [1.54, 1.807) is 0 Å². The molecule has 1 aliphatic heterocycles. The molecule has 2 nitrogen and oxygen atoms in total. The van der Waals surface area contributed by atoms with Gasteiger partial charge in [-0.05, 0) is 30.0 Å². The summed E-state index contributed by atoms with van der Waals surface area (Å²) < 4.78 is 0. The van der Waals surface area contributed by atoms with E-state index < -0.39 is 0 Å². The van der Waals surface area contributed by atoms with E-state index in [4.69, 9.17) is 16.6 Å². The number of nitrogens with zero attached hydrogens (tertiary/aromatic N) is 1. The molecule has 0 saturated heterocycles. The molecule has 1 atom stereocenters. The van der Waals surface area contributed by atoms with Crippen molar-refractivity contribution < 1.29 is 0 Å². The molecular formula is C19H21ClN2. The van der Waals surface area contributed by atoms with Crippen LogP contribution >= 0.6 is 11.6 Å². The Morgan fingerprint density at radius 1 is 0.909 bits per heavy atom. The van der Waals surface area contributed by atoms with Crippen LogP contribution in [-0.4, -0.2) is 12.4 Å². The van der Waals surface area contributed by atoms with E-state index in [-0.39, 0.29) is 6.04 Å². The Morgan fingerprint density at radius 3 is 2.50 bits per heavy atom. The van der Waals surface area contributed by atoms with Crippen LogP contribution in [0.1, 0.15) is 42.9 Å². The number of rotatable bonds is 3. The molecule has 114 valence electrons. The van der Waals surface area contributed by atoms with Crippen LogP contribution in [0, 0.1) is 0 Å². The number of aliphatic imine (C=N–C) groups is 1. The molecule has 0 radical (unpaired) electrons. The van der Waals surface area contributed by atoms with E-state index in [2.05, 4.69) is 35.6 Å². The van der Waals surface area contributed by atoms with Gasteiger partial charge >= 0.3 is 0 Å². The van der Waals surface area contributed by atoms with Crippen molar-refractivity contribution in [2.45, 2.75) is 31.7 Å². The zero-order chi connectivity index (χ0) is 15.2. The first-order valence-corrected chi connectivity index (χ1v) is 8.31. The van der Waals surface area contributed by atoms with Crippen LogP contribution in [0.15, 0.2) is 59.6 Å². The number of benzene rings is 2. The van der Waals surface area contributed by atoms with E-state index in [1.165, 1.54) is 24.8 Å². The molecule has 3 rings (SSSR count). The van der Waals surface area contributed by atoms with Gasteiger partial charge in [-0.15, -0.1) is 0 Å². The maximum absolute atomic E-state index is 6.44. The average molecular weight is 313 g/mol. The third-order valence-electron chi connectivity index (χ3n) is 4.03. The summed E-state index contributed by atoms with van der Waals surface area (Å²) in [5, 5.41) is 4.42. The van der Waals surface area contributed by atoms with Crippen molar-refractivity contribution in [1.82, 2.24) is 5.32 Å². The lowest BCUT2D eigenvalue weighted by atomic mass is 9.98. The summed E-state index contributed by atoms with van der Waals surface area (Å²) in [7, 11) is 0. The summed E-state index contributed by atoms with van der Waals surface area (Å²) in [6, 6.07) is 18.5. The molecule has 0 aromatic heterocycles. The van der Waals surface area contributed by atoms with Gasteiger partial charge in [0.05, 0.1) is 11.9 Å². The van der Waals surface area contributed by atoms with Crippen molar-refractivity contribution >= 4 is 17.4 Å². The maximum Gasteiger partial charge on any atom is 0.0970 e. The van der Waals surface area contributed by atoms with Gasteiger partial charge in [0.2, 0.25) is 0 Å². The summed E-state index contributed by atoms with van der Waals surface area (Å²) in [6.45, 7) is 0.923. The summed E-state index contributed by atoms with van der Waals surface area (Å²) in [5.74, 6) is 1.10. The lowest BCUT2D eigenvalue weighted by Gasteiger charge is -2.23. The number of halogens is 1. The van der Waals surface area contributed by atoms with Crippen LogP contribution in [0.5, 0.6) is 0 Å². The van der Waals surface area contributed by atoms with E-state index in [9.17, 15) is 0 Å². The molecule has 0 aliphatic carbocycles. The van der Waals surface area contributed by atoms with Crippen molar-refractivity contribution in [2.24, 2.45) is 4.99 Å². The minimum atomic E-state index is 0.0479. The highest BCUT2D eigenvalue weighted by molar-refractivity contribution is 6.31. The van der Waals surface area contributed by atoms with Crippen LogP contribution < -0.4 is 5.32 Å². The van der Waals surface area contributed by atoms with E-state index >= 15 is 0 Å². The number of nitrogens with one attached hydrogen (secondary N) is 1. The number of amidine groups is 1. The second-order valence-electron chi connectivity index (χ2n) is 5.65. The largest absolute Gasteiger partial charge is 0.363 e. The minimum absolute atomic E-state index is 0.0479. The third-order valence-corrected chi connectivity index (χ3v) is 4.38.